The van der Waals surface area contributed by atoms with Crippen LogP contribution in [0.25, 0.3) is 11.4 Å². The van der Waals surface area contributed by atoms with Crippen molar-refractivity contribution in [2.24, 2.45) is 0 Å². The number of alkyl halides is 3. The Balaban J connectivity index is 1.82. The molecular weight excluding hydrogens is 489 g/mol. The average molecular weight is 505 g/mol. The van der Waals surface area contributed by atoms with Crippen LogP contribution >= 0.6 is 22.9 Å². The number of hydrogen-bond acceptors (Lipinski definition) is 6. The van der Waals surface area contributed by atoms with E-state index in [2.05, 4.69) is 20.0 Å². The van der Waals surface area contributed by atoms with Crippen molar-refractivity contribution in [1.82, 2.24) is 9.97 Å². The minimum atomic E-state index is -4.55. The highest BCUT2D eigenvalue weighted by atomic mass is 35.5. The van der Waals surface area contributed by atoms with Crippen molar-refractivity contribution in [1.29, 1.82) is 0 Å². The van der Waals surface area contributed by atoms with Crippen LogP contribution in [-0.4, -0.2) is 30.0 Å². The van der Waals surface area contributed by atoms with Gasteiger partial charge >= 0.3 is 6.18 Å². The number of thiophene rings is 1. The molecule has 0 radical (unpaired) electrons. The minimum absolute atomic E-state index is 0.0600. The summed E-state index contributed by atoms with van der Waals surface area (Å²) in [5, 5.41) is 2.83. The molecule has 170 valence electrons. The summed E-state index contributed by atoms with van der Waals surface area (Å²) in [4.78, 5) is 21.1. The second-order valence-corrected chi connectivity index (χ2v) is 10.3. The molecule has 0 fully saturated rings. The number of nitrogens with one attached hydrogen (secondary N) is 2. The second kappa shape index (κ2) is 9.04. The zero-order chi connectivity index (χ0) is 23.7. The third-order valence-electron chi connectivity index (χ3n) is 4.17. The first kappa shape index (κ1) is 24.0. The fraction of sp³-hybridized carbons (Fsp3) is 0.211. The number of benzene rings is 1. The lowest BCUT2D eigenvalue weighted by molar-refractivity contribution is -0.138. The van der Waals surface area contributed by atoms with E-state index < -0.39 is 27.7 Å². The molecule has 0 aliphatic heterocycles. The fourth-order valence-electron chi connectivity index (χ4n) is 2.59. The molecular formula is C19H16ClF3N4O3S2. The van der Waals surface area contributed by atoms with E-state index in [1.807, 2.05) is 0 Å². The van der Waals surface area contributed by atoms with Crippen LogP contribution in [-0.2, 0) is 16.2 Å². The summed E-state index contributed by atoms with van der Waals surface area (Å²) < 4.78 is 64.0. The summed E-state index contributed by atoms with van der Waals surface area (Å²) in [6.45, 7) is 3.17. The molecule has 13 heteroatoms. The fourth-order valence-corrected chi connectivity index (χ4v) is 4.36. The molecule has 1 aromatic carbocycles. The normalized spacial score (nSPS) is 11.9. The molecule has 0 spiro atoms. The molecule has 0 saturated heterocycles. The molecule has 0 saturated carbocycles. The number of nitrogens with zero attached hydrogens (tertiary/aromatic N) is 2. The van der Waals surface area contributed by atoms with Crippen LogP contribution in [0.5, 0.6) is 0 Å². The van der Waals surface area contributed by atoms with Gasteiger partial charge in [0.2, 0.25) is 10.0 Å². The van der Waals surface area contributed by atoms with E-state index in [-0.39, 0.29) is 32.9 Å². The summed E-state index contributed by atoms with van der Waals surface area (Å²) in [6.07, 6.45) is -3.18. The van der Waals surface area contributed by atoms with Gasteiger partial charge in [-0.1, -0.05) is 11.6 Å². The summed E-state index contributed by atoms with van der Waals surface area (Å²) in [5.41, 5.74) is -0.0931. The number of anilines is 2. The Morgan fingerprint density at radius 1 is 1.12 bits per heavy atom. The molecule has 3 aromatic rings. The number of sulfonamides is 1. The molecule has 0 bridgehead atoms. The molecule has 0 aliphatic carbocycles. The smallest absolute Gasteiger partial charge is 0.321 e. The van der Waals surface area contributed by atoms with Crippen molar-refractivity contribution in [3.8, 4) is 11.4 Å². The van der Waals surface area contributed by atoms with Gasteiger partial charge in [0.25, 0.3) is 5.91 Å². The highest BCUT2D eigenvalue weighted by Crippen LogP contribution is 2.32. The number of carbonyl (C=O) groups is 1. The monoisotopic (exact) mass is 504 g/mol. The largest absolute Gasteiger partial charge is 0.419 e. The van der Waals surface area contributed by atoms with Gasteiger partial charge in [0.15, 0.2) is 5.82 Å². The number of rotatable bonds is 6. The number of aryl methyl sites for hydroxylation is 1. The van der Waals surface area contributed by atoms with Crippen molar-refractivity contribution in [3.05, 3.63) is 57.0 Å². The summed E-state index contributed by atoms with van der Waals surface area (Å²) in [5.74, 6) is -0.586. The summed E-state index contributed by atoms with van der Waals surface area (Å²) >= 11 is 7.14. The number of hydrogen-bond donors (Lipinski definition) is 2. The van der Waals surface area contributed by atoms with Gasteiger partial charge in [0, 0.05) is 33.5 Å². The topological polar surface area (TPSA) is 101 Å². The lowest BCUT2D eigenvalue weighted by atomic mass is 10.2. The quantitative estimate of drug-likeness (QED) is 0.480. The van der Waals surface area contributed by atoms with Gasteiger partial charge in [0.1, 0.15) is 0 Å². The molecule has 7 nitrogen and oxygen atoms in total. The molecule has 0 atom stereocenters. The Bertz CT molecular complexity index is 1260. The molecule has 2 N–H and O–H groups in total. The molecule has 32 heavy (non-hydrogen) atoms. The van der Waals surface area contributed by atoms with E-state index >= 15 is 0 Å². The lowest BCUT2D eigenvalue weighted by Crippen LogP contribution is -2.15. The Kier molecular flexibility index (Phi) is 6.77. The van der Waals surface area contributed by atoms with Gasteiger partial charge in [-0.25, -0.2) is 18.4 Å². The number of aromatic nitrogens is 2. The zero-order valence-electron chi connectivity index (χ0n) is 16.6. The molecule has 1 amide bonds. The number of halogens is 4. The molecule has 3 rings (SSSR count). The highest BCUT2D eigenvalue weighted by molar-refractivity contribution is 7.92. The molecule has 0 aliphatic rings. The third kappa shape index (κ3) is 5.75. The SMILES string of the molecule is CCS(=O)(=O)Nc1cc(Cl)cc(NC(=O)c2cc(-c3ncc(C(F)(F)F)cn3)c(C)s2)c1. The van der Waals surface area contributed by atoms with Gasteiger partial charge in [0.05, 0.1) is 21.9 Å². The Morgan fingerprint density at radius 2 is 1.75 bits per heavy atom. The van der Waals surface area contributed by atoms with E-state index in [1.165, 1.54) is 31.2 Å². The second-order valence-electron chi connectivity index (χ2n) is 6.56. The standard InChI is InChI=1S/C19H16ClF3N4O3S2/c1-3-32(29,30)27-14-5-12(20)4-13(6-14)26-18(28)16-7-15(10(2)31-16)17-24-8-11(9-25-17)19(21,22)23/h4-9,27H,3H2,1-2H3,(H,26,28). The van der Waals surface area contributed by atoms with Gasteiger partial charge in [-0.05, 0) is 38.1 Å². The minimum Gasteiger partial charge on any atom is -0.321 e. The van der Waals surface area contributed by atoms with Crippen molar-refractivity contribution >= 4 is 50.2 Å². The van der Waals surface area contributed by atoms with E-state index in [4.69, 9.17) is 11.6 Å². The summed E-state index contributed by atoms with van der Waals surface area (Å²) in [6, 6.07) is 5.74. The van der Waals surface area contributed by atoms with Gasteiger partial charge in [-0.3, -0.25) is 9.52 Å². The predicted octanol–water partition coefficient (Wildman–Crippen LogP) is 5.20. The van der Waals surface area contributed by atoms with E-state index in [1.54, 1.807) is 6.92 Å². The van der Waals surface area contributed by atoms with Crippen molar-refractivity contribution in [2.45, 2.75) is 20.0 Å². The van der Waals surface area contributed by atoms with Gasteiger partial charge in [-0.15, -0.1) is 11.3 Å². The van der Waals surface area contributed by atoms with Crippen LogP contribution in [0.1, 0.15) is 27.0 Å². The van der Waals surface area contributed by atoms with Gasteiger partial charge in [-0.2, -0.15) is 13.2 Å². The number of carbonyl (C=O) groups excluding carboxylic acids is 1. The third-order valence-corrected chi connectivity index (χ3v) is 6.74. The van der Waals surface area contributed by atoms with E-state index in [0.29, 0.717) is 22.8 Å². The Morgan fingerprint density at radius 3 is 2.34 bits per heavy atom. The maximum Gasteiger partial charge on any atom is 0.419 e. The zero-order valence-corrected chi connectivity index (χ0v) is 19.0. The van der Waals surface area contributed by atoms with Crippen LogP contribution in [0.2, 0.25) is 5.02 Å². The maximum absolute atomic E-state index is 12.7. The van der Waals surface area contributed by atoms with E-state index in [0.717, 1.165) is 11.3 Å². The highest BCUT2D eigenvalue weighted by Gasteiger charge is 2.31. The van der Waals surface area contributed by atoms with Crippen molar-refractivity contribution in [2.75, 3.05) is 15.8 Å². The molecule has 0 unspecified atom stereocenters. The van der Waals surface area contributed by atoms with Gasteiger partial charge < -0.3 is 5.32 Å². The first-order chi connectivity index (χ1) is 14.9. The molecule has 2 aromatic heterocycles. The van der Waals surface area contributed by atoms with Crippen LogP contribution in [0.3, 0.4) is 0 Å². The first-order valence-electron chi connectivity index (χ1n) is 9.00. The van der Waals surface area contributed by atoms with E-state index in [9.17, 15) is 26.4 Å². The lowest BCUT2D eigenvalue weighted by Gasteiger charge is -2.10. The number of amides is 1. The van der Waals surface area contributed by atoms with Crippen LogP contribution < -0.4 is 10.0 Å². The summed E-state index contributed by atoms with van der Waals surface area (Å²) in [7, 11) is -3.54. The van der Waals surface area contributed by atoms with Crippen molar-refractivity contribution < 1.29 is 26.4 Å². The predicted molar refractivity (Wildman–Crippen MR) is 118 cm³/mol. The van der Waals surface area contributed by atoms with Crippen LogP contribution in [0, 0.1) is 6.92 Å². The Labute approximate surface area is 190 Å². The molecule has 2 heterocycles. The average Bonchev–Trinajstić information content (AvgIpc) is 3.08. The Hall–Kier alpha value is -2.70. The van der Waals surface area contributed by atoms with Crippen LogP contribution in [0.15, 0.2) is 36.7 Å². The first-order valence-corrected chi connectivity index (χ1v) is 11.8. The maximum atomic E-state index is 12.7. The van der Waals surface area contributed by atoms with Crippen molar-refractivity contribution in [3.63, 3.8) is 0 Å². The van der Waals surface area contributed by atoms with Crippen LogP contribution in [0.4, 0.5) is 24.5 Å².